The molecule has 0 spiro atoms. The molecule has 1 rings (SSSR count). The molecule has 0 saturated heterocycles. The van der Waals surface area contributed by atoms with Gasteiger partial charge in [-0.3, -0.25) is 0 Å². The van der Waals surface area contributed by atoms with Gasteiger partial charge in [0.2, 0.25) is 0 Å². The topological polar surface area (TPSA) is 0 Å². The molecule has 0 bridgehead atoms. The second-order valence-electron chi connectivity index (χ2n) is 4.52. The van der Waals surface area contributed by atoms with Crippen LogP contribution in [0.15, 0.2) is 0 Å². The third-order valence-corrected chi connectivity index (χ3v) is 2.99. The third-order valence-electron chi connectivity index (χ3n) is 2.99. The van der Waals surface area contributed by atoms with Crippen molar-refractivity contribution >= 4 is 0 Å². The molecule has 1 aliphatic carbocycles. The molecule has 1 aliphatic rings. The summed E-state index contributed by atoms with van der Waals surface area (Å²) in [7, 11) is 0. The van der Waals surface area contributed by atoms with Gasteiger partial charge >= 0.3 is 0 Å². The molecule has 0 atom stereocenters. The first kappa shape index (κ1) is 9.02. The Morgan fingerprint density at radius 1 is 1.09 bits per heavy atom. The van der Waals surface area contributed by atoms with Crippen LogP contribution in [0.25, 0.3) is 0 Å². The van der Waals surface area contributed by atoms with Crippen LogP contribution in [-0.4, -0.2) is 5.67 Å². The Balaban J connectivity index is 2.39. The lowest BCUT2D eigenvalue weighted by atomic mass is 9.76. The van der Waals surface area contributed by atoms with Crippen molar-refractivity contribution in [3.05, 3.63) is 0 Å². The third kappa shape index (κ3) is 2.46. The first-order valence-electron chi connectivity index (χ1n) is 4.69. The van der Waals surface area contributed by atoms with E-state index in [1.165, 1.54) is 12.8 Å². The van der Waals surface area contributed by atoms with Crippen molar-refractivity contribution < 1.29 is 4.39 Å². The maximum atomic E-state index is 13.4. The lowest BCUT2D eigenvalue weighted by Gasteiger charge is -2.32. The first-order valence-corrected chi connectivity index (χ1v) is 4.69. The molecule has 0 nitrogen and oxygen atoms in total. The van der Waals surface area contributed by atoms with E-state index in [1.807, 2.05) is 0 Å². The second kappa shape index (κ2) is 3.12. The Hall–Kier alpha value is -0.0700. The van der Waals surface area contributed by atoms with Gasteiger partial charge in [0.1, 0.15) is 5.67 Å². The highest BCUT2D eigenvalue weighted by Gasteiger charge is 2.31. The normalized spacial score (nSPS) is 33.8. The van der Waals surface area contributed by atoms with Gasteiger partial charge in [0.25, 0.3) is 0 Å². The van der Waals surface area contributed by atoms with Crippen molar-refractivity contribution in [3.63, 3.8) is 0 Å². The van der Waals surface area contributed by atoms with Gasteiger partial charge < -0.3 is 0 Å². The molecule has 0 radical (unpaired) electrons. The Kier molecular flexibility index (Phi) is 2.56. The Labute approximate surface area is 69.2 Å². The standard InChI is InChI=1S/C10H19F/c1-8-4-6-9(7-5-8)10(2,3)11/h8-9H,4-7H2,1-3H3/t8-,9-. The molecule has 0 N–H and O–H groups in total. The molecule has 0 amide bonds. The van der Waals surface area contributed by atoms with E-state index in [1.54, 1.807) is 13.8 Å². The summed E-state index contributed by atoms with van der Waals surface area (Å²) in [5.74, 6) is 1.15. The zero-order valence-corrected chi connectivity index (χ0v) is 7.86. The number of alkyl halides is 1. The van der Waals surface area contributed by atoms with E-state index in [4.69, 9.17) is 0 Å². The first-order chi connectivity index (χ1) is 5.00. The van der Waals surface area contributed by atoms with Crippen LogP contribution in [0.4, 0.5) is 4.39 Å². The van der Waals surface area contributed by atoms with Crippen molar-refractivity contribution in [1.29, 1.82) is 0 Å². The monoisotopic (exact) mass is 158 g/mol. The van der Waals surface area contributed by atoms with Crippen LogP contribution >= 0.6 is 0 Å². The Morgan fingerprint density at radius 3 is 1.91 bits per heavy atom. The molecular weight excluding hydrogens is 139 g/mol. The van der Waals surface area contributed by atoms with Crippen LogP contribution in [0.2, 0.25) is 0 Å². The van der Waals surface area contributed by atoms with E-state index in [0.29, 0.717) is 5.92 Å². The number of hydrogen-bond donors (Lipinski definition) is 0. The highest BCUT2D eigenvalue weighted by atomic mass is 19.1. The number of rotatable bonds is 1. The quantitative estimate of drug-likeness (QED) is 0.547. The fourth-order valence-corrected chi connectivity index (χ4v) is 1.95. The zero-order valence-electron chi connectivity index (χ0n) is 7.86. The van der Waals surface area contributed by atoms with Gasteiger partial charge in [-0.1, -0.05) is 19.8 Å². The van der Waals surface area contributed by atoms with E-state index in [9.17, 15) is 4.39 Å². The van der Waals surface area contributed by atoms with Crippen molar-refractivity contribution in [2.75, 3.05) is 0 Å². The van der Waals surface area contributed by atoms with Crippen molar-refractivity contribution in [2.24, 2.45) is 11.8 Å². The van der Waals surface area contributed by atoms with Crippen LogP contribution < -0.4 is 0 Å². The van der Waals surface area contributed by atoms with Gasteiger partial charge in [0.05, 0.1) is 0 Å². The van der Waals surface area contributed by atoms with Crippen LogP contribution in [0.3, 0.4) is 0 Å². The predicted molar refractivity (Wildman–Crippen MR) is 46.3 cm³/mol. The van der Waals surface area contributed by atoms with Gasteiger partial charge in [-0.15, -0.1) is 0 Å². The smallest absolute Gasteiger partial charge is 0.108 e. The predicted octanol–water partition coefficient (Wildman–Crippen LogP) is 3.56. The summed E-state index contributed by atoms with van der Waals surface area (Å²) in [6.45, 7) is 5.70. The van der Waals surface area contributed by atoms with Crippen LogP contribution in [0.1, 0.15) is 46.5 Å². The number of hydrogen-bond acceptors (Lipinski definition) is 0. The van der Waals surface area contributed by atoms with Crippen molar-refractivity contribution in [3.8, 4) is 0 Å². The maximum Gasteiger partial charge on any atom is 0.108 e. The molecule has 1 heteroatoms. The minimum absolute atomic E-state index is 0.318. The largest absolute Gasteiger partial charge is 0.244 e. The summed E-state index contributed by atoms with van der Waals surface area (Å²) < 4.78 is 13.4. The lowest BCUT2D eigenvalue weighted by molar-refractivity contribution is 0.0828. The second-order valence-corrected chi connectivity index (χ2v) is 4.52. The summed E-state index contributed by atoms with van der Waals surface area (Å²) in [4.78, 5) is 0. The molecule has 0 unspecified atom stereocenters. The summed E-state index contributed by atoms with van der Waals surface area (Å²) >= 11 is 0. The zero-order chi connectivity index (χ0) is 8.48. The van der Waals surface area contributed by atoms with Gasteiger partial charge in [-0.2, -0.15) is 0 Å². The molecule has 66 valence electrons. The fourth-order valence-electron chi connectivity index (χ4n) is 1.95. The summed E-state index contributed by atoms with van der Waals surface area (Å²) in [6, 6.07) is 0. The van der Waals surface area contributed by atoms with Gasteiger partial charge in [-0.25, -0.2) is 4.39 Å². The highest BCUT2D eigenvalue weighted by Crippen LogP contribution is 2.36. The number of halogens is 1. The SMILES string of the molecule is CC(C)(F)[C@H]1CC[C@H](C)CC1. The van der Waals surface area contributed by atoms with E-state index < -0.39 is 5.67 Å². The molecular formula is C10H19F. The van der Waals surface area contributed by atoms with Gasteiger partial charge in [0, 0.05) is 0 Å². The molecule has 0 heterocycles. The summed E-state index contributed by atoms with van der Waals surface area (Å²) in [5.41, 5.74) is -0.944. The molecule has 0 aromatic carbocycles. The van der Waals surface area contributed by atoms with E-state index in [0.717, 1.165) is 18.8 Å². The molecule has 11 heavy (non-hydrogen) atoms. The fraction of sp³-hybridized carbons (Fsp3) is 1.00. The van der Waals surface area contributed by atoms with E-state index >= 15 is 0 Å². The minimum atomic E-state index is -0.944. The Bertz CT molecular complexity index is 115. The van der Waals surface area contributed by atoms with E-state index in [-0.39, 0.29) is 0 Å². The van der Waals surface area contributed by atoms with Crippen molar-refractivity contribution in [1.82, 2.24) is 0 Å². The maximum absolute atomic E-state index is 13.4. The Morgan fingerprint density at radius 2 is 1.55 bits per heavy atom. The average molecular weight is 158 g/mol. The molecule has 0 aliphatic heterocycles. The minimum Gasteiger partial charge on any atom is -0.244 e. The summed E-state index contributed by atoms with van der Waals surface area (Å²) in [5, 5.41) is 0. The van der Waals surface area contributed by atoms with Crippen molar-refractivity contribution in [2.45, 2.75) is 52.1 Å². The molecule has 1 saturated carbocycles. The van der Waals surface area contributed by atoms with Gasteiger partial charge in [0.15, 0.2) is 0 Å². The molecule has 0 aromatic heterocycles. The summed E-state index contributed by atoms with van der Waals surface area (Å²) in [6.07, 6.45) is 4.62. The van der Waals surface area contributed by atoms with Gasteiger partial charge in [-0.05, 0) is 38.5 Å². The van der Waals surface area contributed by atoms with Crippen LogP contribution in [0.5, 0.6) is 0 Å². The molecule has 1 fully saturated rings. The lowest BCUT2D eigenvalue weighted by Crippen LogP contribution is -2.29. The average Bonchev–Trinajstić information content (AvgIpc) is 1.86. The van der Waals surface area contributed by atoms with E-state index in [2.05, 4.69) is 6.92 Å². The van der Waals surface area contributed by atoms with Crippen LogP contribution in [0, 0.1) is 11.8 Å². The molecule has 0 aromatic rings. The van der Waals surface area contributed by atoms with Crippen LogP contribution in [-0.2, 0) is 0 Å². The highest BCUT2D eigenvalue weighted by molar-refractivity contribution is 4.82.